The maximum absolute atomic E-state index is 13.4. The normalized spacial score (nSPS) is 18.5. The molecule has 1 saturated heterocycles. The molecule has 19 heavy (non-hydrogen) atoms. The maximum atomic E-state index is 13.4. The molecular weight excluding hydrogens is 243 g/mol. The molecule has 0 aromatic heterocycles. The largest absolute Gasteiger partial charge is 0.356 e. The van der Waals surface area contributed by atoms with Crippen molar-refractivity contribution in [1.82, 2.24) is 10.6 Å². The van der Waals surface area contributed by atoms with Crippen LogP contribution in [0.3, 0.4) is 0 Å². The first-order chi connectivity index (χ1) is 9.25. The Morgan fingerprint density at radius 3 is 3.00 bits per heavy atom. The molecule has 0 spiro atoms. The van der Waals surface area contributed by atoms with Crippen LogP contribution >= 0.6 is 0 Å². The van der Waals surface area contributed by atoms with E-state index >= 15 is 0 Å². The van der Waals surface area contributed by atoms with Gasteiger partial charge in [-0.05, 0) is 49.9 Å². The standard InChI is InChI=1S/C15H21FN2O/c16-14-6-2-1-4-13(14)5-3-7-15(19)18-11-12-8-9-17-10-12/h1-2,4,6,12,17H,3,5,7-11H2,(H,18,19). The molecule has 0 aliphatic carbocycles. The number of hydrogen-bond acceptors (Lipinski definition) is 2. The van der Waals surface area contributed by atoms with Crippen molar-refractivity contribution in [3.63, 3.8) is 0 Å². The predicted octanol–water partition coefficient (Wildman–Crippen LogP) is 1.87. The van der Waals surface area contributed by atoms with Crippen molar-refractivity contribution >= 4 is 5.91 Å². The van der Waals surface area contributed by atoms with Crippen LogP contribution in [0, 0.1) is 11.7 Å². The average Bonchev–Trinajstić information content (AvgIpc) is 2.92. The van der Waals surface area contributed by atoms with E-state index in [1.54, 1.807) is 12.1 Å². The van der Waals surface area contributed by atoms with Crippen LogP contribution in [-0.2, 0) is 11.2 Å². The smallest absolute Gasteiger partial charge is 0.220 e. The summed E-state index contributed by atoms with van der Waals surface area (Å²) in [6.07, 6.45) is 2.91. The molecule has 1 fully saturated rings. The lowest BCUT2D eigenvalue weighted by Gasteiger charge is -2.10. The fourth-order valence-corrected chi connectivity index (χ4v) is 2.38. The van der Waals surface area contributed by atoms with Crippen LogP contribution in [0.5, 0.6) is 0 Å². The molecule has 3 nitrogen and oxygen atoms in total. The number of aryl methyl sites for hydroxylation is 1. The average molecular weight is 264 g/mol. The molecule has 0 radical (unpaired) electrons. The van der Waals surface area contributed by atoms with Crippen LogP contribution in [0.1, 0.15) is 24.8 Å². The number of carbonyl (C=O) groups excluding carboxylic acids is 1. The van der Waals surface area contributed by atoms with Crippen molar-refractivity contribution in [2.24, 2.45) is 5.92 Å². The fourth-order valence-electron chi connectivity index (χ4n) is 2.38. The van der Waals surface area contributed by atoms with Gasteiger partial charge in [0, 0.05) is 13.0 Å². The van der Waals surface area contributed by atoms with E-state index in [4.69, 9.17) is 0 Å². The second kappa shape index (κ2) is 7.24. The van der Waals surface area contributed by atoms with Crippen LogP contribution in [0.15, 0.2) is 24.3 Å². The van der Waals surface area contributed by atoms with Crippen molar-refractivity contribution in [3.05, 3.63) is 35.6 Å². The van der Waals surface area contributed by atoms with E-state index < -0.39 is 0 Å². The number of nitrogens with one attached hydrogen (secondary N) is 2. The highest BCUT2D eigenvalue weighted by Crippen LogP contribution is 2.10. The van der Waals surface area contributed by atoms with Crippen molar-refractivity contribution in [2.45, 2.75) is 25.7 Å². The summed E-state index contributed by atoms with van der Waals surface area (Å²) in [6.45, 7) is 2.80. The van der Waals surface area contributed by atoms with Gasteiger partial charge in [0.2, 0.25) is 5.91 Å². The van der Waals surface area contributed by atoms with Crippen molar-refractivity contribution < 1.29 is 9.18 Å². The highest BCUT2D eigenvalue weighted by atomic mass is 19.1. The second-order valence-electron chi connectivity index (χ2n) is 5.11. The number of carbonyl (C=O) groups is 1. The lowest BCUT2D eigenvalue weighted by molar-refractivity contribution is -0.121. The van der Waals surface area contributed by atoms with Gasteiger partial charge in [-0.15, -0.1) is 0 Å². The monoisotopic (exact) mass is 264 g/mol. The Balaban J connectivity index is 1.62. The summed E-state index contributed by atoms with van der Waals surface area (Å²) in [6, 6.07) is 6.74. The predicted molar refractivity (Wildman–Crippen MR) is 73.3 cm³/mol. The Bertz CT molecular complexity index is 416. The summed E-state index contributed by atoms with van der Waals surface area (Å²) in [7, 11) is 0. The molecule has 1 amide bonds. The van der Waals surface area contributed by atoms with E-state index in [-0.39, 0.29) is 11.7 Å². The topological polar surface area (TPSA) is 41.1 Å². The summed E-state index contributed by atoms with van der Waals surface area (Å²) in [5, 5.41) is 6.23. The molecule has 1 aliphatic rings. The number of benzene rings is 1. The van der Waals surface area contributed by atoms with Gasteiger partial charge >= 0.3 is 0 Å². The quantitative estimate of drug-likeness (QED) is 0.823. The van der Waals surface area contributed by atoms with Gasteiger partial charge in [0.15, 0.2) is 0 Å². The van der Waals surface area contributed by atoms with Gasteiger partial charge in [0.25, 0.3) is 0 Å². The van der Waals surface area contributed by atoms with Gasteiger partial charge < -0.3 is 10.6 Å². The number of amides is 1. The number of rotatable bonds is 6. The number of hydrogen-bond donors (Lipinski definition) is 2. The van der Waals surface area contributed by atoms with Crippen LogP contribution in [-0.4, -0.2) is 25.5 Å². The first-order valence-electron chi connectivity index (χ1n) is 6.96. The zero-order valence-corrected chi connectivity index (χ0v) is 11.1. The van der Waals surface area contributed by atoms with Gasteiger partial charge in [-0.2, -0.15) is 0 Å². The molecule has 0 saturated carbocycles. The minimum atomic E-state index is -0.181. The Labute approximate surface area is 113 Å². The molecule has 1 aromatic carbocycles. The summed E-state index contributed by atoms with van der Waals surface area (Å²) in [5.41, 5.74) is 0.690. The molecule has 1 aliphatic heterocycles. The van der Waals surface area contributed by atoms with Gasteiger partial charge in [0.1, 0.15) is 5.82 Å². The Morgan fingerprint density at radius 1 is 1.42 bits per heavy atom. The summed E-state index contributed by atoms with van der Waals surface area (Å²) < 4.78 is 13.4. The van der Waals surface area contributed by atoms with Gasteiger partial charge in [-0.25, -0.2) is 4.39 Å². The van der Waals surface area contributed by atoms with E-state index in [0.29, 0.717) is 30.7 Å². The van der Waals surface area contributed by atoms with Crippen molar-refractivity contribution in [3.8, 4) is 0 Å². The molecular formula is C15H21FN2O. The number of halogens is 1. The van der Waals surface area contributed by atoms with Gasteiger partial charge in [-0.3, -0.25) is 4.79 Å². The van der Waals surface area contributed by atoms with Gasteiger partial charge in [-0.1, -0.05) is 18.2 Å². The van der Waals surface area contributed by atoms with E-state index in [9.17, 15) is 9.18 Å². The third kappa shape index (κ3) is 4.63. The van der Waals surface area contributed by atoms with Crippen LogP contribution in [0.25, 0.3) is 0 Å². The zero-order valence-electron chi connectivity index (χ0n) is 11.1. The lowest BCUT2D eigenvalue weighted by atomic mass is 10.1. The minimum Gasteiger partial charge on any atom is -0.356 e. The highest BCUT2D eigenvalue weighted by Gasteiger charge is 2.14. The van der Waals surface area contributed by atoms with Gasteiger partial charge in [0.05, 0.1) is 0 Å². The molecule has 2 rings (SSSR count). The first-order valence-corrected chi connectivity index (χ1v) is 6.96. The molecule has 4 heteroatoms. The third-order valence-electron chi connectivity index (χ3n) is 3.56. The Morgan fingerprint density at radius 2 is 2.26 bits per heavy atom. The summed E-state index contributed by atoms with van der Waals surface area (Å²) in [5.74, 6) is 0.457. The zero-order chi connectivity index (χ0) is 13.5. The van der Waals surface area contributed by atoms with Crippen LogP contribution < -0.4 is 10.6 Å². The lowest BCUT2D eigenvalue weighted by Crippen LogP contribution is -2.30. The van der Waals surface area contributed by atoms with Crippen LogP contribution in [0.4, 0.5) is 4.39 Å². The minimum absolute atomic E-state index is 0.0724. The SMILES string of the molecule is O=C(CCCc1ccccc1F)NCC1CCNC1. The fraction of sp³-hybridized carbons (Fsp3) is 0.533. The van der Waals surface area contributed by atoms with Crippen molar-refractivity contribution in [1.29, 1.82) is 0 Å². The molecule has 1 unspecified atom stereocenters. The maximum Gasteiger partial charge on any atom is 0.220 e. The Hall–Kier alpha value is -1.42. The highest BCUT2D eigenvalue weighted by molar-refractivity contribution is 5.75. The van der Waals surface area contributed by atoms with Crippen LogP contribution in [0.2, 0.25) is 0 Å². The summed E-state index contributed by atoms with van der Waals surface area (Å²) >= 11 is 0. The van der Waals surface area contributed by atoms with E-state index in [1.807, 2.05) is 6.07 Å². The molecule has 104 valence electrons. The Kier molecular flexibility index (Phi) is 5.33. The van der Waals surface area contributed by atoms with E-state index in [2.05, 4.69) is 10.6 Å². The third-order valence-corrected chi connectivity index (χ3v) is 3.56. The molecule has 1 aromatic rings. The molecule has 0 bridgehead atoms. The van der Waals surface area contributed by atoms with E-state index in [1.165, 1.54) is 6.07 Å². The first kappa shape index (κ1) is 14.0. The molecule has 1 heterocycles. The van der Waals surface area contributed by atoms with Crippen molar-refractivity contribution in [2.75, 3.05) is 19.6 Å². The molecule has 1 atom stereocenters. The second-order valence-corrected chi connectivity index (χ2v) is 5.11. The summed E-state index contributed by atoms with van der Waals surface area (Å²) in [4.78, 5) is 11.6. The molecule has 2 N–H and O–H groups in total. The van der Waals surface area contributed by atoms with E-state index in [0.717, 1.165) is 26.1 Å².